The van der Waals surface area contributed by atoms with E-state index in [2.05, 4.69) is 21.0 Å². The van der Waals surface area contributed by atoms with E-state index < -0.39 is 0 Å². The average molecular weight is 173 g/mol. The topological polar surface area (TPSA) is 41.6 Å². The molecule has 66 valence electrons. The Morgan fingerprint density at radius 1 is 1.46 bits per heavy atom. The number of rotatable bonds is 1. The van der Waals surface area contributed by atoms with Gasteiger partial charge in [-0.1, -0.05) is 0 Å². The van der Waals surface area contributed by atoms with Crippen molar-refractivity contribution < 1.29 is 0 Å². The summed E-state index contributed by atoms with van der Waals surface area (Å²) in [5.41, 5.74) is 3.26. The fourth-order valence-corrected chi connectivity index (χ4v) is 1.68. The van der Waals surface area contributed by atoms with E-state index in [9.17, 15) is 0 Å². The molecule has 3 nitrogen and oxygen atoms in total. The van der Waals surface area contributed by atoms with Crippen molar-refractivity contribution in [1.82, 2.24) is 15.0 Å². The number of aryl methyl sites for hydroxylation is 1. The monoisotopic (exact) mass is 173 g/mol. The van der Waals surface area contributed by atoms with E-state index in [0.29, 0.717) is 0 Å². The van der Waals surface area contributed by atoms with Crippen LogP contribution in [0.2, 0.25) is 0 Å². The summed E-state index contributed by atoms with van der Waals surface area (Å²) in [6, 6.07) is 2.18. The van der Waals surface area contributed by atoms with Gasteiger partial charge in [0, 0.05) is 6.20 Å². The zero-order valence-electron chi connectivity index (χ0n) is 7.54. The summed E-state index contributed by atoms with van der Waals surface area (Å²) in [6.45, 7) is 1.96. The number of aromatic amines is 1. The van der Waals surface area contributed by atoms with Gasteiger partial charge in [-0.3, -0.25) is 0 Å². The summed E-state index contributed by atoms with van der Waals surface area (Å²) in [6.07, 6.45) is 4.60. The molecule has 1 N–H and O–H groups in total. The van der Waals surface area contributed by atoms with Crippen LogP contribution in [0.25, 0.3) is 11.2 Å². The molecule has 0 spiro atoms. The molecule has 3 heteroatoms. The molecule has 2 aromatic rings. The molecule has 0 radical (unpaired) electrons. The number of pyridine rings is 1. The molecule has 1 aliphatic rings. The van der Waals surface area contributed by atoms with E-state index in [0.717, 1.165) is 22.9 Å². The van der Waals surface area contributed by atoms with Crippen LogP contribution in [0.5, 0.6) is 0 Å². The summed E-state index contributed by atoms with van der Waals surface area (Å²) < 4.78 is 0. The second-order valence-electron chi connectivity index (χ2n) is 3.74. The quantitative estimate of drug-likeness (QED) is 0.717. The summed E-state index contributed by atoms with van der Waals surface area (Å²) in [4.78, 5) is 11.8. The SMILES string of the molecule is Cc1nc2ncc(C3CC3)cc2[nH]1. The van der Waals surface area contributed by atoms with Gasteiger partial charge in [-0.05, 0) is 37.3 Å². The summed E-state index contributed by atoms with van der Waals surface area (Å²) in [5, 5.41) is 0. The lowest BCUT2D eigenvalue weighted by Crippen LogP contribution is -1.82. The highest BCUT2D eigenvalue weighted by Gasteiger charge is 2.24. The van der Waals surface area contributed by atoms with Crippen molar-refractivity contribution in [3.63, 3.8) is 0 Å². The van der Waals surface area contributed by atoms with Crippen LogP contribution >= 0.6 is 0 Å². The largest absolute Gasteiger partial charge is 0.341 e. The van der Waals surface area contributed by atoms with Crippen LogP contribution in [0, 0.1) is 6.92 Å². The minimum absolute atomic E-state index is 0.764. The number of aromatic nitrogens is 3. The average Bonchev–Trinajstić information content (AvgIpc) is 2.87. The standard InChI is InChI=1S/C10H11N3/c1-6-12-9-4-8(7-2-3-7)5-11-10(9)13-6/h4-5,7H,2-3H2,1H3,(H,11,12,13). The molecule has 0 bridgehead atoms. The Kier molecular flexibility index (Phi) is 1.26. The van der Waals surface area contributed by atoms with Crippen LogP contribution in [0.4, 0.5) is 0 Å². The maximum Gasteiger partial charge on any atom is 0.177 e. The smallest absolute Gasteiger partial charge is 0.177 e. The molecule has 0 aliphatic heterocycles. The number of hydrogen-bond donors (Lipinski definition) is 1. The third-order valence-electron chi connectivity index (χ3n) is 2.53. The van der Waals surface area contributed by atoms with Crippen molar-refractivity contribution in [2.75, 3.05) is 0 Å². The Labute approximate surface area is 76.2 Å². The Morgan fingerprint density at radius 3 is 3.08 bits per heavy atom. The molecule has 3 rings (SSSR count). The molecule has 0 unspecified atom stereocenters. The van der Waals surface area contributed by atoms with Gasteiger partial charge in [0.25, 0.3) is 0 Å². The molecule has 1 aliphatic carbocycles. The van der Waals surface area contributed by atoms with Crippen LogP contribution in [-0.2, 0) is 0 Å². The molecular weight excluding hydrogens is 162 g/mol. The van der Waals surface area contributed by atoms with Crippen molar-refractivity contribution in [2.24, 2.45) is 0 Å². The van der Waals surface area contributed by atoms with Gasteiger partial charge in [-0.2, -0.15) is 0 Å². The highest BCUT2D eigenvalue weighted by Crippen LogP contribution is 2.40. The van der Waals surface area contributed by atoms with E-state index in [1.54, 1.807) is 0 Å². The van der Waals surface area contributed by atoms with Gasteiger partial charge in [0.2, 0.25) is 0 Å². The third-order valence-corrected chi connectivity index (χ3v) is 2.53. The van der Waals surface area contributed by atoms with Crippen LogP contribution in [0.3, 0.4) is 0 Å². The minimum Gasteiger partial charge on any atom is -0.341 e. The number of imidazole rings is 1. The Hall–Kier alpha value is -1.38. The van der Waals surface area contributed by atoms with E-state index in [-0.39, 0.29) is 0 Å². The highest BCUT2D eigenvalue weighted by molar-refractivity contribution is 5.71. The Morgan fingerprint density at radius 2 is 2.31 bits per heavy atom. The Bertz CT molecular complexity index is 454. The van der Waals surface area contributed by atoms with Gasteiger partial charge in [0.15, 0.2) is 5.65 Å². The first kappa shape index (κ1) is 7.06. The molecule has 1 saturated carbocycles. The van der Waals surface area contributed by atoms with Crippen molar-refractivity contribution in [1.29, 1.82) is 0 Å². The molecule has 2 aromatic heterocycles. The van der Waals surface area contributed by atoms with E-state index >= 15 is 0 Å². The first-order valence-corrected chi connectivity index (χ1v) is 4.65. The van der Waals surface area contributed by atoms with Crippen LogP contribution < -0.4 is 0 Å². The lowest BCUT2D eigenvalue weighted by molar-refractivity contribution is 1.10. The van der Waals surface area contributed by atoms with Gasteiger partial charge < -0.3 is 4.98 Å². The fraction of sp³-hybridized carbons (Fsp3) is 0.400. The van der Waals surface area contributed by atoms with E-state index in [1.165, 1.54) is 18.4 Å². The number of fused-ring (bicyclic) bond motifs is 1. The van der Waals surface area contributed by atoms with Crippen molar-refractivity contribution in [3.8, 4) is 0 Å². The van der Waals surface area contributed by atoms with Gasteiger partial charge in [-0.15, -0.1) is 0 Å². The predicted octanol–water partition coefficient (Wildman–Crippen LogP) is 2.14. The first-order chi connectivity index (χ1) is 6.33. The molecule has 2 heterocycles. The van der Waals surface area contributed by atoms with Gasteiger partial charge >= 0.3 is 0 Å². The van der Waals surface area contributed by atoms with Gasteiger partial charge in [0.05, 0.1) is 5.52 Å². The summed E-state index contributed by atoms with van der Waals surface area (Å²) in [5.74, 6) is 1.70. The van der Waals surface area contributed by atoms with E-state index in [4.69, 9.17) is 0 Å². The fourth-order valence-electron chi connectivity index (χ4n) is 1.68. The summed E-state index contributed by atoms with van der Waals surface area (Å²) >= 11 is 0. The molecule has 0 saturated heterocycles. The number of hydrogen-bond acceptors (Lipinski definition) is 2. The Balaban J connectivity index is 2.20. The van der Waals surface area contributed by atoms with E-state index in [1.807, 2.05) is 13.1 Å². The molecule has 1 fully saturated rings. The highest BCUT2D eigenvalue weighted by atomic mass is 15.0. The predicted molar refractivity (Wildman–Crippen MR) is 50.6 cm³/mol. The first-order valence-electron chi connectivity index (χ1n) is 4.65. The maximum atomic E-state index is 4.32. The molecule has 0 aromatic carbocycles. The second-order valence-corrected chi connectivity index (χ2v) is 3.74. The zero-order chi connectivity index (χ0) is 8.84. The van der Waals surface area contributed by atoms with Crippen LogP contribution in [0.1, 0.15) is 30.1 Å². The molecule has 0 atom stereocenters. The maximum absolute atomic E-state index is 4.32. The van der Waals surface area contributed by atoms with Crippen molar-refractivity contribution in [2.45, 2.75) is 25.7 Å². The summed E-state index contributed by atoms with van der Waals surface area (Å²) in [7, 11) is 0. The van der Waals surface area contributed by atoms with Gasteiger partial charge in [-0.25, -0.2) is 9.97 Å². The second kappa shape index (κ2) is 2.31. The van der Waals surface area contributed by atoms with Crippen LogP contribution in [-0.4, -0.2) is 15.0 Å². The van der Waals surface area contributed by atoms with Gasteiger partial charge in [0.1, 0.15) is 5.82 Å². The zero-order valence-corrected chi connectivity index (χ0v) is 7.54. The lowest BCUT2D eigenvalue weighted by atomic mass is 10.2. The number of H-pyrrole nitrogens is 1. The molecule has 0 amide bonds. The van der Waals surface area contributed by atoms with Crippen molar-refractivity contribution in [3.05, 3.63) is 23.7 Å². The molecule has 13 heavy (non-hydrogen) atoms. The number of nitrogens with zero attached hydrogens (tertiary/aromatic N) is 2. The van der Waals surface area contributed by atoms with Crippen molar-refractivity contribution >= 4 is 11.2 Å². The lowest BCUT2D eigenvalue weighted by Gasteiger charge is -1.94. The minimum atomic E-state index is 0.764. The normalized spacial score (nSPS) is 16.7. The molecular formula is C10H11N3. The number of nitrogens with one attached hydrogen (secondary N) is 1. The van der Waals surface area contributed by atoms with Crippen LogP contribution in [0.15, 0.2) is 12.3 Å². The third kappa shape index (κ3) is 1.11.